The van der Waals surface area contributed by atoms with Gasteiger partial charge in [0, 0.05) is 5.56 Å². The minimum atomic E-state index is -2.95. The molecule has 0 spiro atoms. The Hall–Kier alpha value is -1.41. The Kier molecular flexibility index (Phi) is 3.43. The molecule has 0 bridgehead atoms. The first kappa shape index (κ1) is 11.7. The zero-order chi connectivity index (χ0) is 11.6. The smallest absolute Gasteiger partial charge is 0.387 e. The van der Waals surface area contributed by atoms with E-state index < -0.39 is 6.61 Å². The molecule has 3 nitrogen and oxygen atoms in total. The zero-order valence-electron chi connectivity index (χ0n) is 8.01. The standard InChI is InChI=1S/C9H7ClF2N2O/c1-4-6(3-13)8(10)14-5(2)7(4)15-9(11)12/h9H,1-2H3. The van der Waals surface area contributed by atoms with Gasteiger partial charge >= 0.3 is 6.61 Å². The van der Waals surface area contributed by atoms with Crippen LogP contribution in [0.3, 0.4) is 0 Å². The molecule has 0 aliphatic carbocycles. The first-order chi connectivity index (χ1) is 6.97. The van der Waals surface area contributed by atoms with Gasteiger partial charge in [0.1, 0.15) is 11.2 Å². The van der Waals surface area contributed by atoms with Crippen molar-refractivity contribution in [3.63, 3.8) is 0 Å². The van der Waals surface area contributed by atoms with Gasteiger partial charge in [-0.3, -0.25) is 0 Å². The van der Waals surface area contributed by atoms with Crippen molar-refractivity contribution in [1.82, 2.24) is 4.98 Å². The summed E-state index contributed by atoms with van der Waals surface area (Å²) in [7, 11) is 0. The predicted molar refractivity (Wildman–Crippen MR) is 50.1 cm³/mol. The lowest BCUT2D eigenvalue weighted by Gasteiger charge is -2.11. The molecular formula is C9H7ClF2N2O. The number of alkyl halides is 2. The Morgan fingerprint density at radius 1 is 1.47 bits per heavy atom. The maximum Gasteiger partial charge on any atom is 0.387 e. The summed E-state index contributed by atoms with van der Waals surface area (Å²) < 4.78 is 28.4. The fraction of sp³-hybridized carbons (Fsp3) is 0.333. The van der Waals surface area contributed by atoms with Crippen LogP contribution in [0.25, 0.3) is 0 Å². The van der Waals surface area contributed by atoms with Gasteiger partial charge in [-0.05, 0) is 13.8 Å². The second kappa shape index (κ2) is 4.41. The number of halogens is 3. The zero-order valence-corrected chi connectivity index (χ0v) is 8.77. The first-order valence-electron chi connectivity index (χ1n) is 3.99. The second-order valence-corrected chi connectivity index (χ2v) is 3.17. The molecule has 1 rings (SSSR count). The fourth-order valence-corrected chi connectivity index (χ4v) is 1.50. The normalized spacial score (nSPS) is 10.2. The molecule has 0 aliphatic heterocycles. The van der Waals surface area contributed by atoms with Crippen LogP contribution in [-0.2, 0) is 0 Å². The molecule has 0 saturated carbocycles. The number of aromatic nitrogens is 1. The van der Waals surface area contributed by atoms with Crippen LogP contribution in [-0.4, -0.2) is 11.6 Å². The van der Waals surface area contributed by atoms with Crippen LogP contribution < -0.4 is 4.74 Å². The van der Waals surface area contributed by atoms with Crippen molar-refractivity contribution in [3.05, 3.63) is 22.0 Å². The molecule has 0 atom stereocenters. The molecule has 15 heavy (non-hydrogen) atoms. The molecule has 6 heteroatoms. The summed E-state index contributed by atoms with van der Waals surface area (Å²) in [6, 6.07) is 1.79. The van der Waals surface area contributed by atoms with Crippen molar-refractivity contribution in [2.75, 3.05) is 0 Å². The van der Waals surface area contributed by atoms with Crippen molar-refractivity contribution in [1.29, 1.82) is 5.26 Å². The van der Waals surface area contributed by atoms with Crippen molar-refractivity contribution < 1.29 is 13.5 Å². The van der Waals surface area contributed by atoms with Crippen LogP contribution >= 0.6 is 11.6 Å². The summed E-state index contributed by atoms with van der Waals surface area (Å²) in [6.07, 6.45) is 0. The monoisotopic (exact) mass is 232 g/mol. The summed E-state index contributed by atoms with van der Waals surface area (Å²) in [5.41, 5.74) is 0.560. The molecule has 0 unspecified atom stereocenters. The topological polar surface area (TPSA) is 45.9 Å². The molecular weight excluding hydrogens is 226 g/mol. The average Bonchev–Trinajstić information content (AvgIpc) is 2.12. The van der Waals surface area contributed by atoms with E-state index in [9.17, 15) is 8.78 Å². The van der Waals surface area contributed by atoms with Crippen LogP contribution in [0.5, 0.6) is 5.75 Å². The number of ether oxygens (including phenoxy) is 1. The van der Waals surface area contributed by atoms with Gasteiger partial charge < -0.3 is 4.74 Å². The third kappa shape index (κ3) is 2.34. The molecule has 0 amide bonds. The lowest BCUT2D eigenvalue weighted by Crippen LogP contribution is -2.07. The minimum absolute atomic E-state index is 0.00545. The highest BCUT2D eigenvalue weighted by Crippen LogP contribution is 2.29. The maximum absolute atomic E-state index is 12.1. The van der Waals surface area contributed by atoms with E-state index in [-0.39, 0.29) is 27.7 Å². The van der Waals surface area contributed by atoms with Gasteiger partial charge in [0.05, 0.1) is 11.3 Å². The van der Waals surface area contributed by atoms with Gasteiger partial charge in [0.2, 0.25) is 0 Å². The quantitative estimate of drug-likeness (QED) is 0.737. The Morgan fingerprint density at radius 2 is 2.07 bits per heavy atom. The average molecular weight is 233 g/mol. The third-order valence-electron chi connectivity index (χ3n) is 1.84. The van der Waals surface area contributed by atoms with Crippen LogP contribution in [0.1, 0.15) is 16.8 Å². The minimum Gasteiger partial charge on any atom is -0.433 e. The number of hydrogen-bond acceptors (Lipinski definition) is 3. The Labute approximate surface area is 90.3 Å². The van der Waals surface area contributed by atoms with Crippen LogP contribution in [0.2, 0.25) is 5.15 Å². The Morgan fingerprint density at radius 3 is 2.53 bits per heavy atom. The molecule has 0 saturated heterocycles. The SMILES string of the molecule is Cc1nc(Cl)c(C#N)c(C)c1OC(F)F. The molecule has 1 aromatic heterocycles. The molecule has 80 valence electrons. The van der Waals surface area contributed by atoms with Gasteiger partial charge in [-0.25, -0.2) is 4.98 Å². The molecule has 0 fully saturated rings. The number of nitrogens with zero attached hydrogens (tertiary/aromatic N) is 2. The van der Waals surface area contributed by atoms with Crippen molar-refractivity contribution in [2.24, 2.45) is 0 Å². The highest BCUT2D eigenvalue weighted by Gasteiger charge is 2.17. The second-order valence-electron chi connectivity index (χ2n) is 2.81. The van der Waals surface area contributed by atoms with Gasteiger partial charge in [0.15, 0.2) is 5.75 Å². The summed E-state index contributed by atoms with van der Waals surface area (Å²) in [5, 5.41) is 8.73. The highest BCUT2D eigenvalue weighted by atomic mass is 35.5. The van der Waals surface area contributed by atoms with Gasteiger partial charge in [0.25, 0.3) is 0 Å². The van der Waals surface area contributed by atoms with E-state index in [0.717, 1.165) is 0 Å². The fourth-order valence-electron chi connectivity index (χ4n) is 1.19. The number of rotatable bonds is 2. The lowest BCUT2D eigenvalue weighted by molar-refractivity contribution is -0.0510. The van der Waals surface area contributed by atoms with Gasteiger partial charge in [-0.1, -0.05) is 11.6 Å². The van der Waals surface area contributed by atoms with Crippen molar-refractivity contribution in [2.45, 2.75) is 20.5 Å². The van der Waals surface area contributed by atoms with E-state index in [0.29, 0.717) is 0 Å². The summed E-state index contributed by atoms with van der Waals surface area (Å²) in [4.78, 5) is 3.74. The van der Waals surface area contributed by atoms with E-state index >= 15 is 0 Å². The van der Waals surface area contributed by atoms with Crippen molar-refractivity contribution >= 4 is 11.6 Å². The highest BCUT2D eigenvalue weighted by molar-refractivity contribution is 6.30. The van der Waals surface area contributed by atoms with Crippen LogP contribution in [0.4, 0.5) is 8.78 Å². The molecule has 1 aromatic rings. The molecule has 0 aromatic carbocycles. The summed E-state index contributed by atoms with van der Waals surface area (Å²) >= 11 is 5.67. The van der Waals surface area contributed by atoms with E-state index in [1.54, 1.807) is 6.07 Å². The summed E-state index contributed by atoms with van der Waals surface area (Å²) in [5.74, 6) is -0.0917. The molecule has 0 N–H and O–H groups in total. The molecule has 0 radical (unpaired) electrons. The van der Waals surface area contributed by atoms with Gasteiger partial charge in [-0.15, -0.1) is 0 Å². The number of aryl methyl sites for hydroxylation is 1. The van der Waals surface area contributed by atoms with E-state index in [4.69, 9.17) is 16.9 Å². The number of pyridine rings is 1. The molecule has 0 aliphatic rings. The van der Waals surface area contributed by atoms with E-state index in [2.05, 4.69) is 9.72 Å². The third-order valence-corrected chi connectivity index (χ3v) is 2.11. The van der Waals surface area contributed by atoms with Crippen LogP contribution in [0.15, 0.2) is 0 Å². The van der Waals surface area contributed by atoms with Crippen molar-refractivity contribution in [3.8, 4) is 11.8 Å². The molecule has 1 heterocycles. The van der Waals surface area contributed by atoms with Crippen LogP contribution in [0, 0.1) is 25.2 Å². The lowest BCUT2D eigenvalue weighted by atomic mass is 10.1. The first-order valence-corrected chi connectivity index (χ1v) is 4.36. The number of nitriles is 1. The Balaban J connectivity index is 3.34. The number of hydrogen-bond donors (Lipinski definition) is 0. The maximum atomic E-state index is 12.1. The largest absolute Gasteiger partial charge is 0.433 e. The summed E-state index contributed by atoms with van der Waals surface area (Å²) in [6.45, 7) is 0.0195. The predicted octanol–water partition coefficient (Wildman–Crippen LogP) is 2.82. The van der Waals surface area contributed by atoms with E-state index in [1.165, 1.54) is 13.8 Å². The van der Waals surface area contributed by atoms with E-state index in [1.807, 2.05) is 0 Å². The Bertz CT molecular complexity index is 429. The van der Waals surface area contributed by atoms with Gasteiger partial charge in [-0.2, -0.15) is 14.0 Å².